The van der Waals surface area contributed by atoms with Crippen molar-refractivity contribution >= 4 is 10.8 Å². The highest BCUT2D eigenvalue weighted by Gasteiger charge is 2.11. The van der Waals surface area contributed by atoms with E-state index in [4.69, 9.17) is 0 Å². The van der Waals surface area contributed by atoms with Crippen LogP contribution in [-0.4, -0.2) is 15.4 Å². The summed E-state index contributed by atoms with van der Waals surface area (Å²) in [4.78, 5) is 0.782. The molecule has 2 aromatic carbocycles. The summed E-state index contributed by atoms with van der Waals surface area (Å²) in [5.41, 5.74) is 1.23. The van der Waals surface area contributed by atoms with Gasteiger partial charge in [-0.1, -0.05) is 61.5 Å². The molecule has 0 spiro atoms. The molecular formula is C19H22O2S. The minimum atomic E-state index is -1.15. The van der Waals surface area contributed by atoms with Gasteiger partial charge in [0.2, 0.25) is 0 Å². The summed E-state index contributed by atoms with van der Waals surface area (Å²) in [5, 5.41) is 11.9. The van der Waals surface area contributed by atoms with Crippen molar-refractivity contribution in [1.29, 1.82) is 0 Å². The third kappa shape index (κ3) is 5.24. The van der Waals surface area contributed by atoms with Crippen molar-refractivity contribution in [2.45, 2.75) is 30.8 Å². The maximum Gasteiger partial charge on any atom is 0.0772 e. The number of hydrogen-bond acceptors (Lipinski definition) is 2. The smallest absolute Gasteiger partial charge is 0.0772 e. The van der Waals surface area contributed by atoms with Crippen LogP contribution in [0.1, 0.15) is 18.9 Å². The number of aliphatic hydroxyl groups is 1. The van der Waals surface area contributed by atoms with Gasteiger partial charge in [-0.3, -0.25) is 0 Å². The summed E-state index contributed by atoms with van der Waals surface area (Å²) in [6.45, 7) is 1.95. The van der Waals surface area contributed by atoms with E-state index < -0.39 is 16.9 Å². The van der Waals surface area contributed by atoms with Crippen LogP contribution in [0.15, 0.2) is 77.0 Å². The van der Waals surface area contributed by atoms with E-state index in [2.05, 4.69) is 12.1 Å². The number of benzene rings is 2. The van der Waals surface area contributed by atoms with Gasteiger partial charge in [-0.2, -0.15) is 0 Å². The Bertz CT molecular complexity index is 608. The van der Waals surface area contributed by atoms with E-state index in [9.17, 15) is 9.32 Å². The Labute approximate surface area is 135 Å². The zero-order valence-electron chi connectivity index (χ0n) is 12.8. The van der Waals surface area contributed by atoms with Crippen LogP contribution in [0.2, 0.25) is 0 Å². The van der Waals surface area contributed by atoms with Gasteiger partial charge < -0.3 is 5.11 Å². The molecule has 0 saturated carbocycles. The molecule has 1 unspecified atom stereocenters. The Hall–Kier alpha value is -1.71. The van der Waals surface area contributed by atoms with Gasteiger partial charge in [-0.05, 0) is 30.5 Å². The second-order valence-corrected chi connectivity index (χ2v) is 6.73. The molecule has 116 valence electrons. The summed E-state index contributed by atoms with van der Waals surface area (Å²) in [5.74, 6) is -0.0172. The van der Waals surface area contributed by atoms with Crippen LogP contribution in [0.25, 0.3) is 0 Å². The summed E-state index contributed by atoms with van der Waals surface area (Å²) in [6, 6.07) is 19.5. The van der Waals surface area contributed by atoms with Crippen LogP contribution in [-0.2, 0) is 17.2 Å². The van der Waals surface area contributed by atoms with Crippen molar-refractivity contribution in [2.24, 2.45) is 5.92 Å². The highest BCUT2D eigenvalue weighted by atomic mass is 32.2. The second-order valence-electron chi connectivity index (χ2n) is 5.39. The molecule has 0 amide bonds. The second kappa shape index (κ2) is 8.66. The van der Waals surface area contributed by atoms with Crippen LogP contribution in [0.5, 0.6) is 0 Å². The first kappa shape index (κ1) is 16.7. The highest BCUT2D eigenvalue weighted by molar-refractivity contribution is 7.88. The standard InChI is InChI=1S/C19H22O2S/c1-16(14-15-22(21)18-10-6-3-7-11-18)19(20)13-12-17-8-4-2-5-9-17/h2-11,14-16,19-20H,12-13H2,1H3/b15-14+/t16-,19+,22?/m0/s1. The average molecular weight is 314 g/mol. The zero-order valence-corrected chi connectivity index (χ0v) is 13.6. The molecule has 0 heterocycles. The molecule has 3 heteroatoms. The van der Waals surface area contributed by atoms with Gasteiger partial charge >= 0.3 is 0 Å². The van der Waals surface area contributed by atoms with E-state index in [1.165, 1.54) is 5.56 Å². The van der Waals surface area contributed by atoms with Crippen molar-refractivity contribution < 1.29 is 9.32 Å². The first-order chi connectivity index (χ1) is 10.7. The van der Waals surface area contributed by atoms with Crippen LogP contribution in [0, 0.1) is 5.92 Å². The fraction of sp³-hybridized carbons (Fsp3) is 0.263. The molecule has 2 aromatic rings. The first-order valence-corrected chi connectivity index (χ1v) is 8.74. The monoisotopic (exact) mass is 314 g/mol. The van der Waals surface area contributed by atoms with Gasteiger partial charge in [-0.15, -0.1) is 0 Å². The van der Waals surface area contributed by atoms with E-state index in [0.29, 0.717) is 6.42 Å². The fourth-order valence-electron chi connectivity index (χ4n) is 2.18. The quantitative estimate of drug-likeness (QED) is 0.840. The summed E-state index contributed by atoms with van der Waals surface area (Å²) >= 11 is 0. The average Bonchev–Trinajstić information content (AvgIpc) is 2.58. The van der Waals surface area contributed by atoms with E-state index in [0.717, 1.165) is 11.3 Å². The molecule has 0 saturated heterocycles. The molecule has 2 nitrogen and oxygen atoms in total. The number of aliphatic hydroxyl groups excluding tert-OH is 1. The Morgan fingerprint density at radius 1 is 1.05 bits per heavy atom. The van der Waals surface area contributed by atoms with E-state index >= 15 is 0 Å². The van der Waals surface area contributed by atoms with Crippen molar-refractivity contribution in [3.8, 4) is 0 Å². The number of hydrogen-bond donors (Lipinski definition) is 1. The summed E-state index contributed by atoms with van der Waals surface area (Å²) in [7, 11) is -1.15. The SMILES string of the molecule is C[C@@H](/C=C/S(=O)c1ccccc1)[C@H](O)CCc1ccccc1. The van der Waals surface area contributed by atoms with Gasteiger partial charge in [0.25, 0.3) is 0 Å². The van der Waals surface area contributed by atoms with E-state index in [1.54, 1.807) is 5.41 Å². The molecule has 0 aliphatic heterocycles. The first-order valence-electron chi connectivity index (χ1n) is 7.53. The largest absolute Gasteiger partial charge is 0.393 e. The number of aryl methyl sites for hydroxylation is 1. The highest BCUT2D eigenvalue weighted by Crippen LogP contribution is 2.14. The predicted molar refractivity (Wildman–Crippen MR) is 91.9 cm³/mol. The molecule has 0 aliphatic carbocycles. The normalized spacial score (nSPS) is 15.5. The van der Waals surface area contributed by atoms with E-state index in [1.807, 2.05) is 61.5 Å². The maximum atomic E-state index is 12.1. The molecule has 0 radical (unpaired) electrons. The third-order valence-corrected chi connectivity index (χ3v) is 4.80. The minimum Gasteiger partial charge on any atom is -0.393 e. The minimum absolute atomic E-state index is 0.0172. The summed E-state index contributed by atoms with van der Waals surface area (Å²) < 4.78 is 12.1. The number of rotatable bonds is 7. The van der Waals surface area contributed by atoms with Gasteiger partial charge in [0.05, 0.1) is 16.9 Å². The molecule has 0 bridgehead atoms. The Morgan fingerprint density at radius 3 is 2.27 bits per heavy atom. The van der Waals surface area contributed by atoms with Gasteiger partial charge in [0.1, 0.15) is 0 Å². The molecule has 0 aliphatic rings. The van der Waals surface area contributed by atoms with Gasteiger partial charge in [0.15, 0.2) is 0 Å². The molecule has 0 aromatic heterocycles. The molecule has 2 rings (SSSR count). The molecule has 3 atom stereocenters. The van der Waals surface area contributed by atoms with Crippen molar-refractivity contribution in [3.63, 3.8) is 0 Å². The lowest BCUT2D eigenvalue weighted by atomic mass is 9.98. The molecule has 1 N–H and O–H groups in total. The maximum absolute atomic E-state index is 12.1. The topological polar surface area (TPSA) is 37.3 Å². The lowest BCUT2D eigenvalue weighted by Crippen LogP contribution is -2.16. The van der Waals surface area contributed by atoms with E-state index in [-0.39, 0.29) is 5.92 Å². The predicted octanol–water partition coefficient (Wildman–Crippen LogP) is 3.94. The van der Waals surface area contributed by atoms with Crippen LogP contribution in [0.3, 0.4) is 0 Å². The van der Waals surface area contributed by atoms with Crippen molar-refractivity contribution in [3.05, 3.63) is 77.7 Å². The van der Waals surface area contributed by atoms with Crippen molar-refractivity contribution in [2.75, 3.05) is 0 Å². The van der Waals surface area contributed by atoms with Crippen LogP contribution >= 0.6 is 0 Å². The lowest BCUT2D eigenvalue weighted by molar-refractivity contribution is 0.128. The molecular weight excluding hydrogens is 292 g/mol. The molecule has 22 heavy (non-hydrogen) atoms. The Kier molecular flexibility index (Phi) is 6.56. The van der Waals surface area contributed by atoms with Gasteiger partial charge in [0, 0.05) is 16.2 Å². The zero-order chi connectivity index (χ0) is 15.8. The fourth-order valence-corrected chi connectivity index (χ4v) is 3.15. The summed E-state index contributed by atoms with van der Waals surface area (Å²) in [6.07, 6.45) is 2.97. The third-order valence-electron chi connectivity index (χ3n) is 3.66. The Morgan fingerprint density at radius 2 is 1.64 bits per heavy atom. The Balaban J connectivity index is 1.84. The molecule has 0 fully saturated rings. The van der Waals surface area contributed by atoms with Crippen LogP contribution < -0.4 is 0 Å². The lowest BCUT2D eigenvalue weighted by Gasteiger charge is -2.15. The van der Waals surface area contributed by atoms with Gasteiger partial charge in [-0.25, -0.2) is 4.21 Å². The van der Waals surface area contributed by atoms with Crippen molar-refractivity contribution in [1.82, 2.24) is 0 Å². The van der Waals surface area contributed by atoms with Crippen LogP contribution in [0.4, 0.5) is 0 Å².